The Balaban J connectivity index is 0.000000164. The van der Waals surface area contributed by atoms with E-state index >= 15 is 0 Å². The van der Waals surface area contributed by atoms with Crippen LogP contribution in [0.15, 0.2) is 36.4 Å². The number of benzene rings is 2. The molecule has 22 heteroatoms. The molecule has 0 radical (unpaired) electrons. The van der Waals surface area contributed by atoms with Crippen molar-refractivity contribution in [1.29, 1.82) is 0 Å². The number of carbonyl (C=O) groups is 5. The summed E-state index contributed by atoms with van der Waals surface area (Å²) >= 11 is -5.73. The maximum atomic E-state index is 13.5. The Morgan fingerprint density at radius 3 is 1.66 bits per heavy atom. The molecule has 4 aliphatic heterocycles. The molecule has 4 bridgehead atoms. The summed E-state index contributed by atoms with van der Waals surface area (Å²) in [7, 11) is 1.20. The topological polar surface area (TPSA) is 181 Å². The number of hydrogen-bond donors (Lipinski definition) is 0. The summed E-state index contributed by atoms with van der Waals surface area (Å²) in [6.07, 6.45) is 4.75. The fourth-order valence-corrected chi connectivity index (χ4v) is 8.65. The van der Waals surface area contributed by atoms with Crippen molar-refractivity contribution in [2.24, 2.45) is 35.5 Å². The molecule has 6 aliphatic rings. The molecule has 2 aliphatic carbocycles. The van der Waals surface area contributed by atoms with Crippen LogP contribution in [0, 0.1) is 64.6 Å². The smallest absolute Gasteiger partial charge is 0.384 e. The minimum absolute atomic E-state index is 0.0180. The van der Waals surface area contributed by atoms with Crippen molar-refractivity contribution in [2.45, 2.75) is 31.5 Å². The fraction of sp³-hybridized carbons (Fsp3) is 0.387. The number of amides is 4. The van der Waals surface area contributed by atoms with Crippen molar-refractivity contribution in [1.82, 2.24) is 10.1 Å². The number of ether oxygens (including phenoxy) is 2. The molecule has 4 heterocycles. The average molecular weight is 791 g/mol. The summed E-state index contributed by atoms with van der Waals surface area (Å²) in [5, 5.41) is 0.656. The maximum Gasteiger partial charge on any atom is 0.384 e. The number of rotatable bonds is 9. The van der Waals surface area contributed by atoms with Crippen LogP contribution in [0.3, 0.4) is 0 Å². The van der Waals surface area contributed by atoms with Crippen LogP contribution in [0.4, 0.5) is 22.0 Å². The van der Waals surface area contributed by atoms with Gasteiger partial charge < -0.3 is 17.8 Å². The predicted molar refractivity (Wildman–Crippen MR) is 160 cm³/mol. The quantitative estimate of drug-likeness (QED) is 0.0904. The summed E-state index contributed by atoms with van der Waals surface area (Å²) in [5.74, 6) is -19.8. The number of methoxy groups -OCH3 is 1. The third kappa shape index (κ3) is 6.10. The molecule has 4 amide bonds. The number of nitrogens with zero attached hydrogens (tertiary/aromatic N) is 2. The van der Waals surface area contributed by atoms with Crippen LogP contribution in [0.5, 0.6) is 11.5 Å². The number of hydrogen-bond acceptors (Lipinski definition) is 13. The second-order valence-electron chi connectivity index (χ2n) is 12.4. The number of fused-ring (bicyclic) bond motifs is 10. The van der Waals surface area contributed by atoms with Gasteiger partial charge in [-0.2, -0.15) is 17.2 Å². The molecule has 15 nitrogen and oxygen atoms in total. The van der Waals surface area contributed by atoms with E-state index in [-0.39, 0.29) is 28.2 Å². The van der Waals surface area contributed by atoms with E-state index in [1.165, 1.54) is 19.2 Å². The van der Waals surface area contributed by atoms with Crippen LogP contribution >= 0.6 is 0 Å². The van der Waals surface area contributed by atoms with Gasteiger partial charge in [0, 0.05) is 0 Å². The number of halogens is 5. The van der Waals surface area contributed by atoms with Gasteiger partial charge in [-0.3, -0.25) is 19.2 Å². The molecule has 2 aromatic rings. The zero-order valence-corrected chi connectivity index (χ0v) is 28.2. The first-order chi connectivity index (χ1) is 25.2. The highest BCUT2D eigenvalue weighted by atomic mass is 32.2. The largest absolute Gasteiger partial charge is 0.465 e. The summed E-state index contributed by atoms with van der Waals surface area (Å²) in [4.78, 5) is 61.2. The van der Waals surface area contributed by atoms with Crippen molar-refractivity contribution in [3.05, 3.63) is 71.1 Å². The number of para-hydroxylation sites is 1. The van der Waals surface area contributed by atoms with Gasteiger partial charge in [-0.25, -0.2) is 18.0 Å². The van der Waals surface area contributed by atoms with Crippen molar-refractivity contribution in [3.8, 4) is 11.5 Å². The second-order valence-corrected chi connectivity index (χ2v) is 13.8. The molecule has 4 saturated heterocycles. The summed E-state index contributed by atoms with van der Waals surface area (Å²) in [6, 6.07) is 5.98. The normalized spacial score (nSPS) is 30.0. The van der Waals surface area contributed by atoms with E-state index in [2.05, 4.69) is 13.2 Å². The molecule has 10 atom stereocenters. The van der Waals surface area contributed by atoms with Crippen molar-refractivity contribution in [3.63, 3.8) is 0 Å². The van der Waals surface area contributed by atoms with Crippen LogP contribution in [0.1, 0.15) is 29.6 Å². The molecule has 53 heavy (non-hydrogen) atoms. The Bertz CT molecular complexity index is 1950. The number of imide groups is 2. The highest BCUT2D eigenvalue weighted by molar-refractivity contribution is 7.75. The molecule has 0 aromatic heterocycles. The first kappa shape index (κ1) is 36.7. The van der Waals surface area contributed by atoms with E-state index < -0.39 is 123 Å². The fourth-order valence-electron chi connectivity index (χ4n) is 7.48. The molecule has 10 unspecified atom stereocenters. The first-order valence-electron chi connectivity index (χ1n) is 15.6. The Labute approximate surface area is 299 Å². The van der Waals surface area contributed by atoms with Gasteiger partial charge in [-0.1, -0.05) is 24.3 Å². The lowest BCUT2D eigenvalue weighted by Gasteiger charge is -2.15. The number of allylic oxidation sites excluding steroid dienone is 2. The van der Waals surface area contributed by atoms with Crippen LogP contribution in [0.2, 0.25) is 0 Å². The zero-order valence-electron chi connectivity index (χ0n) is 26.6. The Hall–Kier alpha value is -4.64. The van der Waals surface area contributed by atoms with Gasteiger partial charge in [-0.05, 0) is 43.2 Å². The molecular weight excluding hydrogens is 767 g/mol. The van der Waals surface area contributed by atoms with Gasteiger partial charge in [0.05, 0.1) is 43.0 Å². The maximum absolute atomic E-state index is 13.5. The van der Waals surface area contributed by atoms with Gasteiger partial charge in [-0.15, -0.1) is 18.7 Å². The number of esters is 1. The van der Waals surface area contributed by atoms with E-state index in [4.69, 9.17) is 13.2 Å². The summed E-state index contributed by atoms with van der Waals surface area (Å²) in [6.45, 7) is 0. The van der Waals surface area contributed by atoms with Crippen molar-refractivity contribution in [2.75, 3.05) is 7.11 Å². The van der Waals surface area contributed by atoms with Crippen LogP contribution in [-0.4, -0.2) is 67.5 Å². The highest BCUT2D eigenvalue weighted by Gasteiger charge is 2.64. The lowest BCUT2D eigenvalue weighted by atomic mass is 9.81. The van der Waals surface area contributed by atoms with E-state index in [1.807, 2.05) is 12.2 Å². The standard InChI is InChI=1S/C17H15NO7S.C14H8F5NO6S/c1-23-17(21)11-4-2-3-5-12(11)24-26(22)25-18-15(19)13-9-6-7-10(8-9)14(13)16(18)20;15-7-8(16)10(18)12(11(19)9(7)17)25-27(23)26-20-13(21)5-3-1-2-4(24-3)6(5)14(20)22/h2-7,9-10,13-14H,8H2,1H3;3-6H,1-2H2. The minimum atomic E-state index is -3.25. The second kappa shape index (κ2) is 14.0. The average Bonchev–Trinajstić information content (AvgIpc) is 4.01. The van der Waals surface area contributed by atoms with Gasteiger partial charge in [0.1, 0.15) is 5.56 Å². The van der Waals surface area contributed by atoms with Crippen LogP contribution in [0.25, 0.3) is 0 Å². The van der Waals surface area contributed by atoms with E-state index in [9.17, 15) is 54.3 Å². The molecule has 5 fully saturated rings. The third-order valence-electron chi connectivity index (χ3n) is 9.72. The molecule has 1 saturated carbocycles. The molecule has 282 valence electrons. The monoisotopic (exact) mass is 790 g/mol. The Kier molecular flexibility index (Phi) is 9.68. The lowest BCUT2D eigenvalue weighted by Crippen LogP contribution is -2.35. The van der Waals surface area contributed by atoms with Gasteiger partial charge in [0.25, 0.3) is 23.6 Å². The first-order valence-corrected chi connectivity index (χ1v) is 17.6. The summed E-state index contributed by atoms with van der Waals surface area (Å²) < 4.78 is 119. The van der Waals surface area contributed by atoms with Crippen molar-refractivity contribution >= 4 is 52.3 Å². The molecule has 2 aromatic carbocycles. The summed E-state index contributed by atoms with van der Waals surface area (Å²) in [5.41, 5.74) is 0.0464. The SMILES string of the molecule is COC(=O)c1ccccc1OS(=O)ON1C(=O)C2C3C=CC(C3)C2C1=O.O=C1C2C3CCC(O3)C2C(=O)N1OS(=O)Oc1c(F)c(F)c(F)c(F)c1F. The zero-order chi connectivity index (χ0) is 38.0. The van der Waals surface area contributed by atoms with E-state index in [1.54, 1.807) is 12.1 Å². The molecule has 8 rings (SSSR count). The number of hydroxylamine groups is 4. The lowest BCUT2D eigenvalue weighted by molar-refractivity contribution is -0.168. The molecule has 0 spiro atoms. The Morgan fingerprint density at radius 1 is 0.698 bits per heavy atom. The van der Waals surface area contributed by atoms with Crippen LogP contribution < -0.4 is 8.37 Å². The van der Waals surface area contributed by atoms with Gasteiger partial charge >= 0.3 is 28.7 Å². The predicted octanol–water partition coefficient (Wildman–Crippen LogP) is 2.60. The molecular formula is C31H23F5N2O13S2. The van der Waals surface area contributed by atoms with Crippen molar-refractivity contribution < 1.29 is 80.8 Å². The highest BCUT2D eigenvalue weighted by Crippen LogP contribution is 2.53. The van der Waals surface area contributed by atoms with E-state index in [0.29, 0.717) is 17.9 Å². The van der Waals surface area contributed by atoms with Gasteiger partial charge in [0.2, 0.25) is 34.8 Å². The number of carbonyl (C=O) groups excluding carboxylic acids is 5. The van der Waals surface area contributed by atoms with Gasteiger partial charge in [0.15, 0.2) is 5.75 Å². The Morgan fingerprint density at radius 2 is 1.15 bits per heavy atom. The van der Waals surface area contributed by atoms with E-state index in [0.717, 1.165) is 6.42 Å². The third-order valence-corrected chi connectivity index (χ3v) is 10.9. The van der Waals surface area contributed by atoms with Crippen LogP contribution in [-0.2, 0) is 59.9 Å². The minimum Gasteiger partial charge on any atom is -0.465 e. The molecule has 0 N–H and O–H groups in total.